The van der Waals surface area contributed by atoms with E-state index in [1.165, 1.54) is 22.2 Å². The Balaban J connectivity index is 1.79. The average Bonchev–Trinajstić information content (AvgIpc) is 2.87. The van der Waals surface area contributed by atoms with Gasteiger partial charge in [-0.3, -0.25) is 4.79 Å². The highest BCUT2D eigenvalue weighted by Crippen LogP contribution is 2.35. The van der Waals surface area contributed by atoms with Crippen LogP contribution in [0.1, 0.15) is 28.8 Å². The Bertz CT molecular complexity index is 934. The maximum atomic E-state index is 12.3. The minimum absolute atomic E-state index is 0.0231. The van der Waals surface area contributed by atoms with Gasteiger partial charge in [-0.1, -0.05) is 30.8 Å². The van der Waals surface area contributed by atoms with Crippen molar-refractivity contribution in [1.29, 1.82) is 0 Å². The van der Waals surface area contributed by atoms with Crippen molar-refractivity contribution >= 4 is 44.9 Å². The Morgan fingerprint density at radius 2 is 2.04 bits per heavy atom. The molecule has 0 aliphatic rings. The molecule has 0 saturated carbocycles. The maximum Gasteiger partial charge on any atom is 0.234 e. The highest BCUT2D eigenvalue weighted by Gasteiger charge is 2.16. The van der Waals surface area contributed by atoms with E-state index in [-0.39, 0.29) is 5.91 Å². The number of carbonyl (C=O) groups excluding carboxylic acids is 1. The molecule has 0 saturated heterocycles. The molecule has 25 heavy (non-hydrogen) atoms. The van der Waals surface area contributed by atoms with Gasteiger partial charge in [0, 0.05) is 16.0 Å². The van der Waals surface area contributed by atoms with Crippen LogP contribution in [0.4, 0.5) is 5.69 Å². The Hall–Kier alpha value is -1.92. The average molecular weight is 372 g/mol. The monoisotopic (exact) mass is 371 g/mol. The number of rotatable bonds is 5. The molecule has 0 radical (unpaired) electrons. The third kappa shape index (κ3) is 4.02. The van der Waals surface area contributed by atoms with Crippen molar-refractivity contribution in [2.75, 3.05) is 11.1 Å². The minimum atomic E-state index is -0.0231. The second kappa shape index (κ2) is 7.54. The molecule has 0 atom stereocenters. The number of thioether (sulfide) groups is 1. The molecule has 0 aliphatic carbocycles. The van der Waals surface area contributed by atoms with Crippen molar-refractivity contribution in [3.05, 3.63) is 46.1 Å². The van der Waals surface area contributed by atoms with Crippen molar-refractivity contribution in [3.8, 4) is 0 Å². The number of thiophene rings is 1. The van der Waals surface area contributed by atoms with Gasteiger partial charge in [0.15, 0.2) is 0 Å². The van der Waals surface area contributed by atoms with Crippen LogP contribution in [-0.2, 0) is 11.2 Å². The summed E-state index contributed by atoms with van der Waals surface area (Å²) < 4.78 is 0. The maximum absolute atomic E-state index is 12.3. The molecule has 0 aliphatic heterocycles. The van der Waals surface area contributed by atoms with Crippen LogP contribution < -0.4 is 5.32 Å². The van der Waals surface area contributed by atoms with Crippen LogP contribution >= 0.6 is 23.1 Å². The molecule has 0 fully saturated rings. The van der Waals surface area contributed by atoms with Gasteiger partial charge in [-0.05, 0) is 50.5 Å². The number of hydrogen-bond donors (Lipinski definition) is 1. The van der Waals surface area contributed by atoms with Gasteiger partial charge in [0.1, 0.15) is 15.7 Å². The Morgan fingerprint density at radius 1 is 1.24 bits per heavy atom. The van der Waals surface area contributed by atoms with Gasteiger partial charge in [-0.25, -0.2) is 9.97 Å². The van der Waals surface area contributed by atoms with Crippen molar-refractivity contribution in [2.24, 2.45) is 0 Å². The normalized spacial score (nSPS) is 11.0. The Labute approximate surface area is 156 Å². The van der Waals surface area contributed by atoms with Crippen LogP contribution in [0.5, 0.6) is 0 Å². The molecular formula is C19H21N3OS2. The van der Waals surface area contributed by atoms with Gasteiger partial charge < -0.3 is 5.32 Å². The largest absolute Gasteiger partial charge is 0.325 e. The van der Waals surface area contributed by atoms with Crippen molar-refractivity contribution in [3.63, 3.8) is 0 Å². The summed E-state index contributed by atoms with van der Waals surface area (Å²) in [5, 5.41) is 4.97. The first-order valence-electron chi connectivity index (χ1n) is 8.24. The van der Waals surface area contributed by atoms with Gasteiger partial charge in [0.2, 0.25) is 5.91 Å². The molecule has 6 heteroatoms. The van der Waals surface area contributed by atoms with E-state index >= 15 is 0 Å². The van der Waals surface area contributed by atoms with E-state index < -0.39 is 0 Å². The van der Waals surface area contributed by atoms with Gasteiger partial charge in [0.05, 0.1) is 5.75 Å². The standard InChI is InChI=1S/C19H21N3OS2/c1-5-15-12(3)25-19-17(15)18(20-13(4)21-19)24-10-16(23)22-14-8-6-7-11(2)9-14/h6-9H,5,10H2,1-4H3,(H,22,23). The Morgan fingerprint density at radius 3 is 2.76 bits per heavy atom. The summed E-state index contributed by atoms with van der Waals surface area (Å²) in [7, 11) is 0. The van der Waals surface area contributed by atoms with E-state index in [2.05, 4.69) is 29.1 Å². The lowest BCUT2D eigenvalue weighted by atomic mass is 10.1. The first-order chi connectivity index (χ1) is 12.0. The Kier molecular flexibility index (Phi) is 5.39. The number of nitrogens with one attached hydrogen (secondary N) is 1. The zero-order valence-corrected chi connectivity index (χ0v) is 16.5. The highest BCUT2D eigenvalue weighted by molar-refractivity contribution is 8.00. The SMILES string of the molecule is CCc1c(C)sc2nc(C)nc(SCC(=O)Nc3cccc(C)c3)c12. The lowest BCUT2D eigenvalue weighted by molar-refractivity contribution is -0.113. The third-order valence-electron chi connectivity index (χ3n) is 3.93. The van der Waals surface area contributed by atoms with E-state index in [0.29, 0.717) is 5.75 Å². The molecule has 3 aromatic rings. The predicted molar refractivity (Wildman–Crippen MR) is 107 cm³/mol. The predicted octanol–water partition coefficient (Wildman–Crippen LogP) is 4.91. The van der Waals surface area contributed by atoms with Gasteiger partial charge in [-0.15, -0.1) is 11.3 Å². The molecule has 130 valence electrons. The zero-order valence-electron chi connectivity index (χ0n) is 14.8. The molecule has 2 heterocycles. The molecule has 1 aromatic carbocycles. The van der Waals surface area contributed by atoms with Crippen LogP contribution in [0.2, 0.25) is 0 Å². The number of aryl methyl sites for hydroxylation is 4. The molecule has 1 amide bonds. The summed E-state index contributed by atoms with van der Waals surface area (Å²) in [5.41, 5.74) is 3.25. The topological polar surface area (TPSA) is 54.9 Å². The molecule has 0 spiro atoms. The second-order valence-corrected chi connectivity index (χ2v) is 8.12. The van der Waals surface area contributed by atoms with Crippen LogP contribution in [-0.4, -0.2) is 21.6 Å². The quantitative estimate of drug-likeness (QED) is 0.511. The summed E-state index contributed by atoms with van der Waals surface area (Å²) >= 11 is 3.19. The van der Waals surface area contributed by atoms with E-state index in [4.69, 9.17) is 0 Å². The van der Waals surface area contributed by atoms with Crippen molar-refractivity contribution < 1.29 is 4.79 Å². The van der Waals surface area contributed by atoms with Gasteiger partial charge >= 0.3 is 0 Å². The summed E-state index contributed by atoms with van der Waals surface area (Å²) in [4.78, 5) is 23.8. The van der Waals surface area contributed by atoms with E-state index in [1.54, 1.807) is 11.3 Å². The van der Waals surface area contributed by atoms with Crippen LogP contribution in [0, 0.1) is 20.8 Å². The molecule has 3 rings (SSSR count). The summed E-state index contributed by atoms with van der Waals surface area (Å²) in [6.45, 7) is 8.18. The van der Waals surface area contributed by atoms with E-state index in [0.717, 1.165) is 38.7 Å². The molecular weight excluding hydrogens is 350 g/mol. The van der Waals surface area contributed by atoms with Crippen LogP contribution in [0.3, 0.4) is 0 Å². The first-order valence-corrected chi connectivity index (χ1v) is 10.0. The first kappa shape index (κ1) is 17.9. The van der Waals surface area contributed by atoms with Crippen LogP contribution in [0.25, 0.3) is 10.2 Å². The molecule has 0 bridgehead atoms. The minimum Gasteiger partial charge on any atom is -0.325 e. The number of amides is 1. The van der Waals surface area contributed by atoms with Gasteiger partial charge in [-0.2, -0.15) is 0 Å². The summed E-state index contributed by atoms with van der Waals surface area (Å²) in [5.74, 6) is 1.06. The number of nitrogens with zero attached hydrogens (tertiary/aromatic N) is 2. The fourth-order valence-electron chi connectivity index (χ4n) is 2.82. The smallest absolute Gasteiger partial charge is 0.234 e. The fraction of sp³-hybridized carbons (Fsp3) is 0.316. The second-order valence-electron chi connectivity index (χ2n) is 5.95. The number of benzene rings is 1. The summed E-state index contributed by atoms with van der Waals surface area (Å²) in [6, 6.07) is 7.82. The van der Waals surface area contributed by atoms with E-state index in [9.17, 15) is 4.79 Å². The number of carbonyl (C=O) groups is 1. The molecule has 2 aromatic heterocycles. The molecule has 0 unspecified atom stereocenters. The van der Waals surface area contributed by atoms with Crippen molar-refractivity contribution in [1.82, 2.24) is 9.97 Å². The van der Waals surface area contributed by atoms with E-state index in [1.807, 2.05) is 38.1 Å². The fourth-order valence-corrected chi connectivity index (χ4v) is 4.95. The number of aromatic nitrogens is 2. The van der Waals surface area contributed by atoms with Crippen LogP contribution in [0.15, 0.2) is 29.3 Å². The lowest BCUT2D eigenvalue weighted by Crippen LogP contribution is -2.14. The number of hydrogen-bond acceptors (Lipinski definition) is 5. The highest BCUT2D eigenvalue weighted by atomic mass is 32.2. The number of fused-ring (bicyclic) bond motifs is 1. The third-order valence-corrected chi connectivity index (χ3v) is 5.94. The zero-order chi connectivity index (χ0) is 18.0. The number of anilines is 1. The lowest BCUT2D eigenvalue weighted by Gasteiger charge is -2.08. The van der Waals surface area contributed by atoms with Crippen molar-refractivity contribution in [2.45, 2.75) is 39.1 Å². The molecule has 4 nitrogen and oxygen atoms in total. The molecule has 1 N–H and O–H groups in total. The van der Waals surface area contributed by atoms with Gasteiger partial charge in [0.25, 0.3) is 0 Å². The summed E-state index contributed by atoms with van der Waals surface area (Å²) in [6.07, 6.45) is 0.946.